The van der Waals surface area contributed by atoms with Crippen LogP contribution in [0.15, 0.2) is 104 Å². The van der Waals surface area contributed by atoms with E-state index < -0.39 is 0 Å². The Morgan fingerprint density at radius 1 is 0.656 bits per heavy atom. The molecule has 0 aliphatic rings. The molecule has 1 heterocycles. The first-order valence-corrected chi connectivity index (χ1v) is 10.5. The number of hydrogen-bond acceptors (Lipinski definition) is 3. The van der Waals surface area contributed by atoms with Gasteiger partial charge >= 0.3 is 0 Å². The zero-order valence-corrected chi connectivity index (χ0v) is 18.4. The fourth-order valence-electron chi connectivity index (χ4n) is 3.47. The summed E-state index contributed by atoms with van der Waals surface area (Å²) in [6.45, 7) is 12.0. The van der Waals surface area contributed by atoms with Crippen molar-refractivity contribution in [2.24, 2.45) is 0 Å². The van der Waals surface area contributed by atoms with Crippen molar-refractivity contribution < 1.29 is 0 Å². The number of nitrogens with zero attached hydrogens (tertiary/aromatic N) is 3. The Balaban J connectivity index is 1.87. The molecular formula is C29H25N3. The number of allylic oxidation sites excluding steroid dienone is 4. The lowest BCUT2D eigenvalue weighted by Gasteiger charge is -2.10. The van der Waals surface area contributed by atoms with E-state index in [0.717, 1.165) is 22.3 Å². The third-order valence-electron chi connectivity index (χ3n) is 5.40. The second-order valence-electron chi connectivity index (χ2n) is 7.61. The summed E-state index contributed by atoms with van der Waals surface area (Å²) in [7, 11) is 0. The van der Waals surface area contributed by atoms with Crippen LogP contribution in [0, 0.1) is 13.8 Å². The Hall–Kier alpha value is -4.11. The predicted octanol–water partition coefficient (Wildman–Crippen LogP) is 7.24. The van der Waals surface area contributed by atoms with E-state index >= 15 is 0 Å². The van der Waals surface area contributed by atoms with Crippen molar-refractivity contribution in [1.29, 1.82) is 0 Å². The highest BCUT2D eigenvalue weighted by Gasteiger charge is 2.13. The van der Waals surface area contributed by atoms with Gasteiger partial charge in [0.2, 0.25) is 0 Å². The first-order valence-electron chi connectivity index (χ1n) is 10.5. The van der Waals surface area contributed by atoms with E-state index in [9.17, 15) is 0 Å². The van der Waals surface area contributed by atoms with Gasteiger partial charge < -0.3 is 0 Å². The summed E-state index contributed by atoms with van der Waals surface area (Å²) < 4.78 is 0. The molecule has 3 nitrogen and oxygen atoms in total. The van der Waals surface area contributed by atoms with Crippen molar-refractivity contribution in [2.45, 2.75) is 13.8 Å². The molecule has 0 radical (unpaired) electrons. The Kier molecular flexibility index (Phi) is 6.18. The molecule has 4 aromatic rings. The molecule has 1 aromatic heterocycles. The smallest absolute Gasteiger partial charge is 0.164 e. The quantitative estimate of drug-likeness (QED) is 0.311. The second-order valence-corrected chi connectivity index (χ2v) is 7.61. The highest BCUT2D eigenvalue weighted by molar-refractivity contribution is 5.75. The molecule has 0 fully saturated rings. The number of aromatic nitrogens is 3. The molecule has 32 heavy (non-hydrogen) atoms. The van der Waals surface area contributed by atoms with E-state index in [1.807, 2.05) is 48.5 Å². The van der Waals surface area contributed by atoms with Crippen molar-refractivity contribution in [3.63, 3.8) is 0 Å². The zero-order chi connectivity index (χ0) is 22.5. The van der Waals surface area contributed by atoms with Crippen LogP contribution in [0.2, 0.25) is 0 Å². The fraction of sp³-hybridized carbons (Fsp3) is 0.0690. The monoisotopic (exact) mass is 415 g/mol. The molecule has 0 saturated carbocycles. The van der Waals surface area contributed by atoms with Crippen LogP contribution in [0.4, 0.5) is 0 Å². The molecule has 0 N–H and O–H groups in total. The van der Waals surface area contributed by atoms with Crippen LogP contribution in [0.25, 0.3) is 39.5 Å². The molecule has 0 spiro atoms. The van der Waals surface area contributed by atoms with Crippen LogP contribution in [0.5, 0.6) is 0 Å². The topological polar surface area (TPSA) is 38.7 Å². The van der Waals surface area contributed by atoms with Gasteiger partial charge in [0.05, 0.1) is 0 Å². The van der Waals surface area contributed by atoms with Gasteiger partial charge in [0.25, 0.3) is 0 Å². The Bertz CT molecular complexity index is 1320. The van der Waals surface area contributed by atoms with Crippen molar-refractivity contribution in [1.82, 2.24) is 15.0 Å². The Labute approximate surface area is 189 Å². The summed E-state index contributed by atoms with van der Waals surface area (Å²) in [4.78, 5) is 14.3. The van der Waals surface area contributed by atoms with Gasteiger partial charge in [-0.1, -0.05) is 98.1 Å². The predicted molar refractivity (Wildman–Crippen MR) is 134 cm³/mol. The van der Waals surface area contributed by atoms with E-state index in [0.29, 0.717) is 17.5 Å². The largest absolute Gasteiger partial charge is 0.208 e. The van der Waals surface area contributed by atoms with Gasteiger partial charge in [-0.25, -0.2) is 15.0 Å². The lowest BCUT2D eigenvalue weighted by Crippen LogP contribution is -2.02. The summed E-state index contributed by atoms with van der Waals surface area (Å²) >= 11 is 0. The molecule has 0 aliphatic heterocycles. The average Bonchev–Trinajstić information content (AvgIpc) is 2.84. The summed E-state index contributed by atoms with van der Waals surface area (Å²) in [6.07, 6.45) is 5.30. The normalized spacial score (nSPS) is 11.2. The highest BCUT2D eigenvalue weighted by atomic mass is 15.0. The Morgan fingerprint density at radius 2 is 1.31 bits per heavy atom. The molecule has 0 bridgehead atoms. The summed E-state index contributed by atoms with van der Waals surface area (Å²) in [5.74, 6) is 1.82. The van der Waals surface area contributed by atoms with Crippen LogP contribution in [0.1, 0.15) is 17.0 Å². The molecule has 0 aliphatic carbocycles. The molecule has 0 saturated heterocycles. The van der Waals surface area contributed by atoms with E-state index in [1.165, 1.54) is 16.7 Å². The molecule has 156 valence electrons. The maximum absolute atomic E-state index is 4.81. The molecule has 0 atom stereocenters. The lowest BCUT2D eigenvalue weighted by molar-refractivity contribution is 1.04. The van der Waals surface area contributed by atoms with Gasteiger partial charge in [0, 0.05) is 16.7 Å². The SMILES string of the molecule is C=C/C=C(\C=C)c1nc(-c2ccccc2)nc(-c2cccc(-c3ccc(C)c(C)c3)c2)n1. The first-order chi connectivity index (χ1) is 15.6. The van der Waals surface area contributed by atoms with Crippen molar-refractivity contribution in [2.75, 3.05) is 0 Å². The van der Waals surface area contributed by atoms with E-state index in [4.69, 9.17) is 15.0 Å². The van der Waals surface area contributed by atoms with Gasteiger partial charge in [0.15, 0.2) is 17.5 Å². The van der Waals surface area contributed by atoms with Crippen LogP contribution in [-0.4, -0.2) is 15.0 Å². The number of hydrogen-bond donors (Lipinski definition) is 0. The minimum atomic E-state index is 0.570. The summed E-state index contributed by atoms with van der Waals surface area (Å²) in [5, 5.41) is 0. The molecule has 3 heteroatoms. The maximum atomic E-state index is 4.81. The molecule has 4 rings (SSSR count). The molecular weight excluding hydrogens is 390 g/mol. The van der Waals surface area contributed by atoms with Gasteiger partial charge in [-0.3, -0.25) is 0 Å². The van der Waals surface area contributed by atoms with Crippen molar-refractivity contribution in [3.8, 4) is 33.9 Å². The second kappa shape index (κ2) is 9.36. The van der Waals surface area contributed by atoms with Gasteiger partial charge in [-0.2, -0.15) is 0 Å². The lowest BCUT2D eigenvalue weighted by atomic mass is 9.99. The van der Waals surface area contributed by atoms with Gasteiger partial charge in [-0.15, -0.1) is 0 Å². The summed E-state index contributed by atoms with van der Waals surface area (Å²) in [6, 6.07) is 24.8. The van der Waals surface area contributed by atoms with Gasteiger partial charge in [-0.05, 0) is 42.2 Å². The molecule has 0 amide bonds. The molecule has 3 aromatic carbocycles. The minimum absolute atomic E-state index is 0.570. The van der Waals surface area contributed by atoms with Crippen molar-refractivity contribution in [3.05, 3.63) is 121 Å². The van der Waals surface area contributed by atoms with E-state index in [2.05, 4.69) is 57.3 Å². The number of benzene rings is 3. The first kappa shape index (κ1) is 21.1. The maximum Gasteiger partial charge on any atom is 0.164 e. The van der Waals surface area contributed by atoms with Crippen LogP contribution < -0.4 is 0 Å². The number of rotatable bonds is 6. The van der Waals surface area contributed by atoms with Crippen LogP contribution >= 0.6 is 0 Å². The summed E-state index contributed by atoms with van der Waals surface area (Å²) in [5.41, 5.74) is 7.52. The van der Waals surface area contributed by atoms with Crippen molar-refractivity contribution >= 4 is 5.57 Å². The Morgan fingerprint density at radius 3 is 2.00 bits per heavy atom. The van der Waals surface area contributed by atoms with Gasteiger partial charge in [0.1, 0.15) is 0 Å². The van der Waals surface area contributed by atoms with E-state index in [-0.39, 0.29) is 0 Å². The number of aryl methyl sites for hydroxylation is 2. The van der Waals surface area contributed by atoms with E-state index in [1.54, 1.807) is 12.2 Å². The van der Waals surface area contributed by atoms with Crippen LogP contribution in [0.3, 0.4) is 0 Å². The minimum Gasteiger partial charge on any atom is -0.208 e. The average molecular weight is 416 g/mol. The standard InChI is InChI=1S/C29H25N3/c1-5-11-22(6-2)27-30-28(23-12-8-7-9-13-23)32-29(31-27)26-15-10-14-24(19-26)25-17-16-20(3)21(4)18-25/h5-19H,1-2H2,3-4H3/b22-11+. The zero-order valence-electron chi connectivity index (χ0n) is 18.4. The third-order valence-corrected chi connectivity index (χ3v) is 5.40. The molecule has 0 unspecified atom stereocenters. The third kappa shape index (κ3) is 4.47. The fourth-order valence-corrected chi connectivity index (χ4v) is 3.47. The van der Waals surface area contributed by atoms with Crippen LogP contribution in [-0.2, 0) is 0 Å². The highest BCUT2D eigenvalue weighted by Crippen LogP contribution is 2.28.